The minimum Gasteiger partial charge on any atom is -0.433 e. The lowest BCUT2D eigenvalue weighted by molar-refractivity contribution is 0.420. The van der Waals surface area contributed by atoms with Gasteiger partial charge in [-0.05, 0) is 61.7 Å². The maximum absolute atomic E-state index is 7.90. The number of piperidine rings is 1. The first-order chi connectivity index (χ1) is 16.7. The van der Waals surface area contributed by atoms with Gasteiger partial charge in [-0.15, -0.1) is 0 Å². The van der Waals surface area contributed by atoms with Crippen molar-refractivity contribution in [3.8, 4) is 0 Å². The number of hydrogen-bond donors (Lipinski definition) is 6. The summed E-state index contributed by atoms with van der Waals surface area (Å²) in [4.78, 5) is 4.26. The third-order valence-electron chi connectivity index (χ3n) is 5.65. The first-order valence-corrected chi connectivity index (χ1v) is 11.5. The summed E-state index contributed by atoms with van der Waals surface area (Å²) >= 11 is 0. The highest BCUT2D eigenvalue weighted by Crippen LogP contribution is 2.18. The van der Waals surface area contributed by atoms with Gasteiger partial charge in [-0.1, -0.05) is 24.3 Å². The van der Waals surface area contributed by atoms with E-state index in [0.717, 1.165) is 60.3 Å². The Morgan fingerprint density at radius 1 is 1.15 bits per heavy atom. The van der Waals surface area contributed by atoms with Gasteiger partial charge in [0.25, 0.3) is 0 Å². The molecule has 0 amide bonds. The lowest BCUT2D eigenvalue weighted by atomic mass is 10.0. The Morgan fingerprint density at radius 3 is 2.68 bits per heavy atom. The van der Waals surface area contributed by atoms with Gasteiger partial charge in [-0.25, -0.2) is 0 Å². The van der Waals surface area contributed by atoms with Gasteiger partial charge in [0.1, 0.15) is 0 Å². The van der Waals surface area contributed by atoms with E-state index in [2.05, 4.69) is 20.9 Å². The summed E-state index contributed by atoms with van der Waals surface area (Å²) in [6, 6.07) is 10.5. The average molecular weight is 460 g/mol. The number of benzene rings is 1. The standard InChI is InChI=1S/C26H33N7O/c27-16-22(18-33-24-9-13-30-14-10-24)25-11-15-31-17-21(25)2-1-12-32-23-6-3-20(4-7-23)5-8-26(29)34-19-28/h1-4,6-7,11,15-19,24,27-30,32-33H,5,8-10,12-14H2/b2-1+,22-18+,27-16?,28-19?,29-26?. The maximum Gasteiger partial charge on any atom is 0.189 e. The van der Waals surface area contributed by atoms with E-state index in [-0.39, 0.29) is 5.90 Å². The van der Waals surface area contributed by atoms with Crippen molar-refractivity contribution in [1.29, 1.82) is 16.2 Å². The zero-order valence-electron chi connectivity index (χ0n) is 19.3. The van der Waals surface area contributed by atoms with Crippen molar-refractivity contribution in [3.05, 3.63) is 71.7 Å². The van der Waals surface area contributed by atoms with Crippen molar-refractivity contribution < 1.29 is 4.74 Å². The van der Waals surface area contributed by atoms with Crippen LogP contribution in [0.25, 0.3) is 11.6 Å². The van der Waals surface area contributed by atoms with Crippen molar-refractivity contribution in [3.63, 3.8) is 0 Å². The van der Waals surface area contributed by atoms with Crippen LogP contribution in [0.15, 0.2) is 55.0 Å². The molecule has 0 atom stereocenters. The Labute approximate surface area is 201 Å². The summed E-state index contributed by atoms with van der Waals surface area (Å²) in [6.07, 6.45) is 15.1. The first-order valence-electron chi connectivity index (χ1n) is 11.5. The molecule has 1 aromatic heterocycles. The predicted molar refractivity (Wildman–Crippen MR) is 140 cm³/mol. The zero-order chi connectivity index (χ0) is 24.0. The van der Waals surface area contributed by atoms with Crippen LogP contribution >= 0.6 is 0 Å². The van der Waals surface area contributed by atoms with Crippen LogP contribution in [0.2, 0.25) is 0 Å². The molecular weight excluding hydrogens is 426 g/mol. The molecule has 1 aromatic carbocycles. The van der Waals surface area contributed by atoms with Crippen molar-refractivity contribution in [2.45, 2.75) is 31.7 Å². The van der Waals surface area contributed by atoms with Gasteiger partial charge in [0.05, 0.1) is 0 Å². The van der Waals surface area contributed by atoms with E-state index in [4.69, 9.17) is 21.0 Å². The van der Waals surface area contributed by atoms with E-state index < -0.39 is 0 Å². The second-order valence-corrected chi connectivity index (χ2v) is 8.04. The number of nitrogens with one attached hydrogen (secondary N) is 6. The third-order valence-corrected chi connectivity index (χ3v) is 5.65. The van der Waals surface area contributed by atoms with E-state index in [9.17, 15) is 0 Å². The molecule has 2 heterocycles. The molecule has 1 aliphatic rings. The highest BCUT2D eigenvalue weighted by Gasteiger charge is 2.11. The van der Waals surface area contributed by atoms with Crippen LogP contribution in [-0.2, 0) is 11.2 Å². The number of aromatic nitrogens is 1. The summed E-state index contributed by atoms with van der Waals surface area (Å²) in [5, 5.41) is 32.5. The van der Waals surface area contributed by atoms with Crippen molar-refractivity contribution in [2.24, 2.45) is 0 Å². The van der Waals surface area contributed by atoms with Crippen molar-refractivity contribution in [2.75, 3.05) is 25.0 Å². The molecular formula is C26H33N7O. The normalized spacial score (nSPS) is 14.5. The van der Waals surface area contributed by atoms with Gasteiger partial charge in [-0.3, -0.25) is 15.8 Å². The molecule has 6 N–H and O–H groups in total. The van der Waals surface area contributed by atoms with Crippen molar-refractivity contribution in [1.82, 2.24) is 15.6 Å². The summed E-state index contributed by atoms with van der Waals surface area (Å²) in [7, 11) is 0. The fraction of sp³-hybridized carbons (Fsp3) is 0.308. The van der Waals surface area contributed by atoms with Crippen molar-refractivity contribution >= 4 is 35.8 Å². The third kappa shape index (κ3) is 7.97. The van der Waals surface area contributed by atoms with Crippen LogP contribution in [0.4, 0.5) is 5.69 Å². The smallest absolute Gasteiger partial charge is 0.189 e. The zero-order valence-corrected chi connectivity index (χ0v) is 19.3. The van der Waals surface area contributed by atoms with Gasteiger partial charge in [0.15, 0.2) is 12.3 Å². The van der Waals surface area contributed by atoms with Crippen LogP contribution in [0.5, 0.6) is 0 Å². The number of hydrogen-bond acceptors (Lipinski definition) is 8. The molecule has 178 valence electrons. The average Bonchev–Trinajstić information content (AvgIpc) is 2.88. The fourth-order valence-electron chi connectivity index (χ4n) is 3.74. The number of rotatable bonds is 12. The monoisotopic (exact) mass is 459 g/mol. The quantitative estimate of drug-likeness (QED) is 0.210. The molecule has 0 aliphatic carbocycles. The van der Waals surface area contributed by atoms with Crippen LogP contribution in [0.1, 0.15) is 36.0 Å². The summed E-state index contributed by atoms with van der Waals surface area (Å²) < 4.78 is 4.74. The molecule has 0 saturated carbocycles. The number of anilines is 1. The second-order valence-electron chi connectivity index (χ2n) is 8.04. The number of aryl methyl sites for hydroxylation is 1. The Balaban J connectivity index is 1.54. The number of pyridine rings is 1. The molecule has 0 unspecified atom stereocenters. The Kier molecular flexibility index (Phi) is 10.0. The predicted octanol–water partition coefficient (Wildman–Crippen LogP) is 4.07. The highest BCUT2D eigenvalue weighted by molar-refractivity contribution is 6.09. The molecule has 1 aliphatic heterocycles. The van der Waals surface area contributed by atoms with Gasteiger partial charge in [0, 0.05) is 60.6 Å². The molecule has 0 bridgehead atoms. The molecule has 3 rings (SSSR count). The van der Waals surface area contributed by atoms with Gasteiger partial charge < -0.3 is 26.1 Å². The molecule has 0 radical (unpaired) electrons. The van der Waals surface area contributed by atoms with Crippen LogP contribution in [0, 0.1) is 16.2 Å². The van der Waals surface area contributed by atoms with Gasteiger partial charge in [-0.2, -0.15) is 0 Å². The summed E-state index contributed by atoms with van der Waals surface area (Å²) in [5.41, 5.74) is 4.91. The Morgan fingerprint density at radius 2 is 1.94 bits per heavy atom. The van der Waals surface area contributed by atoms with Gasteiger partial charge in [0.2, 0.25) is 0 Å². The number of ether oxygens (including phenoxy) is 1. The van der Waals surface area contributed by atoms with Crippen LogP contribution in [0.3, 0.4) is 0 Å². The summed E-state index contributed by atoms with van der Waals surface area (Å²) in [6.45, 7) is 2.70. The molecule has 1 fully saturated rings. The lowest BCUT2D eigenvalue weighted by Crippen LogP contribution is -2.37. The molecule has 8 nitrogen and oxygen atoms in total. The SMILES string of the molecule is N=COC(=N)CCc1ccc(NC/C=C/c2cnccc2/C(C=N)=C/NC2CCNCC2)cc1. The van der Waals surface area contributed by atoms with E-state index in [0.29, 0.717) is 25.4 Å². The lowest BCUT2D eigenvalue weighted by Gasteiger charge is -2.23. The molecule has 0 spiro atoms. The van der Waals surface area contributed by atoms with E-state index in [1.54, 1.807) is 6.20 Å². The number of nitrogens with zero attached hydrogens (tertiary/aromatic N) is 1. The number of allylic oxidation sites excluding steroid dienone is 1. The molecule has 8 heteroatoms. The van der Waals surface area contributed by atoms with E-state index >= 15 is 0 Å². The van der Waals surface area contributed by atoms with Gasteiger partial charge >= 0.3 is 0 Å². The largest absolute Gasteiger partial charge is 0.433 e. The van der Waals surface area contributed by atoms with Crippen LogP contribution in [-0.4, -0.2) is 49.2 Å². The molecule has 1 saturated heterocycles. The molecule has 34 heavy (non-hydrogen) atoms. The Bertz CT molecular complexity index is 1010. The maximum atomic E-state index is 7.90. The van der Waals surface area contributed by atoms with Crippen LogP contribution < -0.4 is 16.0 Å². The first kappa shape index (κ1) is 24.9. The minimum atomic E-state index is 0.0974. The fourth-order valence-corrected chi connectivity index (χ4v) is 3.74. The summed E-state index contributed by atoms with van der Waals surface area (Å²) in [5.74, 6) is 0.0974. The second kappa shape index (κ2) is 13.7. The Hall–Kier alpha value is -3.78. The van der Waals surface area contributed by atoms with E-state index in [1.807, 2.05) is 54.9 Å². The minimum absolute atomic E-state index is 0.0974. The topological polar surface area (TPSA) is 130 Å². The van der Waals surface area contributed by atoms with E-state index in [1.165, 1.54) is 6.21 Å². The highest BCUT2D eigenvalue weighted by atomic mass is 16.5. The molecule has 2 aromatic rings.